The van der Waals surface area contributed by atoms with Gasteiger partial charge in [-0.05, 0) is 28.1 Å². The van der Waals surface area contributed by atoms with Crippen LogP contribution in [-0.4, -0.2) is 21.0 Å². The van der Waals surface area contributed by atoms with Crippen LogP contribution in [0.1, 0.15) is 22.3 Å². The van der Waals surface area contributed by atoms with Gasteiger partial charge in [-0.3, -0.25) is 0 Å². The molecule has 0 unspecified atom stereocenters. The molecule has 4 nitrogen and oxygen atoms in total. The maximum Gasteiger partial charge on any atom is 0.336 e. The first-order chi connectivity index (χ1) is 7.50. The lowest BCUT2D eigenvalue weighted by atomic mass is 10.1. The Labute approximate surface area is 96.4 Å². The van der Waals surface area contributed by atoms with Crippen LogP contribution in [0, 0.1) is 0 Å². The second kappa shape index (κ2) is 3.82. The molecule has 2 rings (SSSR count). The summed E-state index contributed by atoms with van der Waals surface area (Å²) >= 11 is 3.01. The predicted molar refractivity (Wildman–Crippen MR) is 55.7 cm³/mol. The van der Waals surface area contributed by atoms with Crippen LogP contribution in [0.15, 0.2) is 16.9 Å². The Balaban J connectivity index is 2.83. The van der Waals surface area contributed by atoms with Crippen molar-refractivity contribution in [1.82, 2.24) is 9.97 Å². The van der Waals surface area contributed by atoms with Gasteiger partial charge in [0.1, 0.15) is 0 Å². The summed E-state index contributed by atoms with van der Waals surface area (Å²) in [6, 6.07) is 2.54. The third kappa shape index (κ3) is 1.67. The second-order valence-electron chi connectivity index (χ2n) is 3.06. The molecule has 0 saturated heterocycles. The fourth-order valence-electron chi connectivity index (χ4n) is 1.47. The van der Waals surface area contributed by atoms with Gasteiger partial charge >= 0.3 is 5.97 Å². The number of imidazole rings is 1. The molecular weight excluding hydrogens is 286 g/mol. The van der Waals surface area contributed by atoms with Crippen LogP contribution in [0.4, 0.5) is 8.78 Å². The van der Waals surface area contributed by atoms with E-state index in [0.29, 0.717) is 5.52 Å². The van der Waals surface area contributed by atoms with Gasteiger partial charge in [-0.15, -0.1) is 0 Å². The van der Waals surface area contributed by atoms with Crippen molar-refractivity contribution in [2.24, 2.45) is 0 Å². The molecule has 0 aliphatic rings. The summed E-state index contributed by atoms with van der Waals surface area (Å²) in [7, 11) is 0. The molecule has 7 heteroatoms. The highest BCUT2D eigenvalue weighted by Gasteiger charge is 2.22. The van der Waals surface area contributed by atoms with Crippen LogP contribution in [0.25, 0.3) is 11.0 Å². The Morgan fingerprint density at radius 1 is 1.50 bits per heavy atom. The molecule has 2 N–H and O–H groups in total. The molecule has 1 aromatic carbocycles. The van der Waals surface area contributed by atoms with E-state index in [1.807, 2.05) is 0 Å². The first-order valence-corrected chi connectivity index (χ1v) is 4.99. The number of aromatic amines is 1. The maximum absolute atomic E-state index is 12.8. The van der Waals surface area contributed by atoms with Crippen molar-refractivity contribution in [2.45, 2.75) is 6.43 Å². The maximum atomic E-state index is 12.8. The lowest BCUT2D eigenvalue weighted by Gasteiger charge is -2.05. The zero-order valence-electron chi connectivity index (χ0n) is 7.67. The normalized spacial score (nSPS) is 11.2. The number of aromatic carboxylic acids is 1. The number of rotatable bonds is 2. The van der Waals surface area contributed by atoms with E-state index in [1.165, 1.54) is 6.07 Å². The van der Waals surface area contributed by atoms with Crippen molar-refractivity contribution in [1.29, 1.82) is 0 Å². The van der Waals surface area contributed by atoms with Crippen molar-refractivity contribution in [3.05, 3.63) is 28.0 Å². The van der Waals surface area contributed by atoms with Crippen LogP contribution < -0.4 is 0 Å². The first-order valence-electron chi connectivity index (χ1n) is 4.20. The van der Waals surface area contributed by atoms with Crippen LogP contribution in [0.2, 0.25) is 0 Å². The summed E-state index contributed by atoms with van der Waals surface area (Å²) < 4.78 is 25.9. The van der Waals surface area contributed by atoms with Crippen LogP contribution in [0.5, 0.6) is 0 Å². The lowest BCUT2D eigenvalue weighted by molar-refractivity contribution is 0.0685. The molecular formula is C9H5BrF2N2O2. The Morgan fingerprint density at radius 2 is 2.19 bits per heavy atom. The zero-order chi connectivity index (χ0) is 11.9. The number of benzene rings is 1. The van der Waals surface area contributed by atoms with Crippen molar-refractivity contribution in [2.75, 3.05) is 0 Å². The third-order valence-electron chi connectivity index (χ3n) is 2.11. The summed E-state index contributed by atoms with van der Waals surface area (Å²) in [5.74, 6) is -1.39. The molecule has 1 aromatic heterocycles. The number of carboxylic acids is 1. The van der Waals surface area contributed by atoms with E-state index in [2.05, 4.69) is 25.9 Å². The number of fused-ring (bicyclic) bond motifs is 1. The molecule has 1 heterocycles. The molecule has 0 fully saturated rings. The number of hydrogen-bond donors (Lipinski definition) is 2. The van der Waals surface area contributed by atoms with Gasteiger partial charge in [-0.2, -0.15) is 0 Å². The van der Waals surface area contributed by atoms with Crippen molar-refractivity contribution < 1.29 is 18.7 Å². The number of hydrogen-bond acceptors (Lipinski definition) is 2. The Morgan fingerprint density at radius 3 is 2.75 bits per heavy atom. The van der Waals surface area contributed by atoms with Crippen molar-refractivity contribution in [3.8, 4) is 0 Å². The van der Waals surface area contributed by atoms with Crippen LogP contribution in [0.3, 0.4) is 0 Å². The Bertz CT molecular complexity index is 568. The highest BCUT2D eigenvalue weighted by Crippen LogP contribution is 2.30. The summed E-state index contributed by atoms with van der Waals surface area (Å²) in [5.41, 5.74) is -0.651. The van der Waals surface area contributed by atoms with Gasteiger partial charge in [-0.25, -0.2) is 18.6 Å². The number of alkyl halides is 2. The smallest absolute Gasteiger partial charge is 0.336 e. The number of halogens is 3. The molecule has 0 bridgehead atoms. The van der Waals surface area contributed by atoms with Gasteiger partial charge in [0.15, 0.2) is 4.73 Å². The molecule has 0 atom stereocenters. The molecule has 0 radical (unpaired) electrons. The average molecular weight is 291 g/mol. The Kier molecular flexibility index (Phi) is 2.63. The SMILES string of the molecule is O=C(O)c1ccc2[nH]c(Br)nc2c1C(F)F. The van der Waals surface area contributed by atoms with Crippen LogP contribution >= 0.6 is 15.9 Å². The predicted octanol–water partition coefficient (Wildman–Crippen LogP) is 2.96. The molecule has 16 heavy (non-hydrogen) atoms. The molecule has 2 aromatic rings. The summed E-state index contributed by atoms with van der Waals surface area (Å²) in [4.78, 5) is 17.3. The van der Waals surface area contributed by atoms with Gasteiger partial charge in [0.05, 0.1) is 22.2 Å². The number of aromatic nitrogens is 2. The first kappa shape index (κ1) is 11.0. The number of nitrogens with one attached hydrogen (secondary N) is 1. The van der Waals surface area contributed by atoms with Crippen molar-refractivity contribution >= 4 is 32.9 Å². The number of carbonyl (C=O) groups is 1. The minimum Gasteiger partial charge on any atom is -0.478 e. The Hall–Kier alpha value is -1.50. The molecule has 0 aliphatic carbocycles. The molecule has 84 valence electrons. The van der Waals surface area contributed by atoms with E-state index in [4.69, 9.17) is 5.11 Å². The van der Waals surface area contributed by atoms with Gasteiger partial charge in [0, 0.05) is 0 Å². The lowest BCUT2D eigenvalue weighted by Crippen LogP contribution is -2.03. The molecule has 0 aliphatic heterocycles. The van der Waals surface area contributed by atoms with E-state index in [1.54, 1.807) is 0 Å². The van der Waals surface area contributed by atoms with E-state index in [-0.39, 0.29) is 10.3 Å². The topological polar surface area (TPSA) is 66.0 Å². The summed E-state index contributed by atoms with van der Waals surface area (Å²) in [5, 5.41) is 8.80. The monoisotopic (exact) mass is 290 g/mol. The van der Waals surface area contributed by atoms with Gasteiger partial charge in [0.25, 0.3) is 6.43 Å². The van der Waals surface area contributed by atoms with E-state index >= 15 is 0 Å². The third-order valence-corrected chi connectivity index (χ3v) is 2.49. The van der Waals surface area contributed by atoms with Crippen LogP contribution in [-0.2, 0) is 0 Å². The molecule has 0 saturated carbocycles. The summed E-state index contributed by atoms with van der Waals surface area (Å²) in [6.07, 6.45) is -2.88. The standard InChI is InChI=1S/C9H5BrF2N2O2/c10-9-13-4-2-1-3(8(15)16)5(7(11)12)6(4)14-9/h1-2,7H,(H,13,14)(H,15,16). The number of nitrogens with zero attached hydrogens (tertiary/aromatic N) is 1. The zero-order valence-corrected chi connectivity index (χ0v) is 9.25. The van der Waals surface area contributed by atoms with Gasteiger partial charge in [-0.1, -0.05) is 0 Å². The van der Waals surface area contributed by atoms with Gasteiger partial charge in [0.2, 0.25) is 0 Å². The fourth-order valence-corrected chi connectivity index (χ4v) is 1.86. The highest BCUT2D eigenvalue weighted by atomic mass is 79.9. The van der Waals surface area contributed by atoms with E-state index in [0.717, 1.165) is 6.07 Å². The largest absolute Gasteiger partial charge is 0.478 e. The van der Waals surface area contributed by atoms with E-state index < -0.39 is 23.5 Å². The quantitative estimate of drug-likeness (QED) is 0.894. The highest BCUT2D eigenvalue weighted by molar-refractivity contribution is 9.10. The minimum absolute atomic E-state index is 0.0261. The summed E-state index contributed by atoms with van der Waals surface area (Å²) in [6.45, 7) is 0. The second-order valence-corrected chi connectivity index (χ2v) is 3.81. The van der Waals surface area contributed by atoms with Gasteiger partial charge < -0.3 is 10.1 Å². The molecule has 0 spiro atoms. The minimum atomic E-state index is -2.88. The van der Waals surface area contributed by atoms with E-state index in [9.17, 15) is 13.6 Å². The number of carboxylic acid groups (broad SMARTS) is 1. The van der Waals surface area contributed by atoms with Crippen molar-refractivity contribution in [3.63, 3.8) is 0 Å². The number of H-pyrrole nitrogens is 1. The average Bonchev–Trinajstić information content (AvgIpc) is 2.55. The molecule has 0 amide bonds. The fraction of sp³-hybridized carbons (Fsp3) is 0.111.